The molecule has 4 nitrogen and oxygen atoms in total. The minimum atomic E-state index is -0.210. The molecule has 0 radical (unpaired) electrons. The molecular formula is C44H32O4. The van der Waals surface area contributed by atoms with Crippen molar-refractivity contribution in [3.63, 3.8) is 0 Å². The van der Waals surface area contributed by atoms with Crippen LogP contribution in [-0.4, -0.2) is 23.1 Å². The number of benzene rings is 6. The van der Waals surface area contributed by atoms with Gasteiger partial charge in [0.25, 0.3) is 0 Å². The Morgan fingerprint density at radius 3 is 0.646 bits per heavy atom. The van der Waals surface area contributed by atoms with Crippen LogP contribution in [0, 0.1) is 0 Å². The summed E-state index contributed by atoms with van der Waals surface area (Å²) in [4.78, 5) is 57.4. The van der Waals surface area contributed by atoms with Gasteiger partial charge in [0, 0.05) is 44.5 Å². The lowest BCUT2D eigenvalue weighted by Gasteiger charge is -2.22. The fourth-order valence-electron chi connectivity index (χ4n) is 6.72. The third kappa shape index (κ3) is 5.85. The van der Waals surface area contributed by atoms with Crippen molar-refractivity contribution in [1.29, 1.82) is 0 Å². The molecule has 0 saturated carbocycles. The summed E-state index contributed by atoms with van der Waals surface area (Å²) >= 11 is 0. The Labute approximate surface area is 279 Å². The van der Waals surface area contributed by atoms with Gasteiger partial charge in [-0.15, -0.1) is 0 Å². The molecule has 232 valence electrons. The van der Waals surface area contributed by atoms with Gasteiger partial charge in [-0.1, -0.05) is 146 Å². The Bertz CT molecular complexity index is 1850. The van der Waals surface area contributed by atoms with Crippen LogP contribution < -0.4 is 0 Å². The first kappa shape index (κ1) is 30.6. The van der Waals surface area contributed by atoms with Gasteiger partial charge in [-0.05, 0) is 47.9 Å². The molecule has 48 heavy (non-hydrogen) atoms. The molecule has 4 heteroatoms. The quantitative estimate of drug-likeness (QED) is 0.159. The summed E-state index contributed by atoms with van der Waals surface area (Å²) in [6.45, 7) is 0. The molecule has 6 aromatic rings. The summed E-state index contributed by atoms with van der Waals surface area (Å²) in [6, 6.07) is 44.0. The van der Waals surface area contributed by atoms with E-state index in [-0.39, 0.29) is 23.1 Å². The normalized spacial score (nSPS) is 12.2. The molecule has 0 aliphatic heterocycles. The Balaban J connectivity index is 1.44. The Morgan fingerprint density at radius 2 is 0.458 bits per heavy atom. The molecule has 0 aromatic heterocycles. The minimum absolute atomic E-state index is 0.210. The van der Waals surface area contributed by atoms with Gasteiger partial charge in [0.1, 0.15) is 0 Å². The maximum Gasteiger partial charge on any atom is 0.194 e. The van der Waals surface area contributed by atoms with Crippen LogP contribution in [0.1, 0.15) is 85.9 Å². The second-order valence-corrected chi connectivity index (χ2v) is 12.0. The van der Waals surface area contributed by atoms with E-state index in [1.165, 1.54) is 0 Å². The molecule has 0 N–H and O–H groups in total. The Hall–Kier alpha value is -6.00. The van der Waals surface area contributed by atoms with Gasteiger partial charge >= 0.3 is 0 Å². The minimum Gasteiger partial charge on any atom is -0.289 e. The number of hydrogen-bond acceptors (Lipinski definition) is 4. The average molecular weight is 625 g/mol. The van der Waals surface area contributed by atoms with Gasteiger partial charge in [-0.3, -0.25) is 19.2 Å². The lowest BCUT2D eigenvalue weighted by atomic mass is 9.79. The molecule has 0 spiro atoms. The maximum absolute atomic E-state index is 14.4. The largest absolute Gasteiger partial charge is 0.289 e. The second-order valence-electron chi connectivity index (χ2n) is 12.0. The van der Waals surface area contributed by atoms with Gasteiger partial charge in [-0.2, -0.15) is 0 Å². The van der Waals surface area contributed by atoms with Crippen LogP contribution in [0.5, 0.6) is 0 Å². The zero-order chi connectivity index (χ0) is 33.0. The topological polar surface area (TPSA) is 68.3 Å². The summed E-state index contributed by atoms with van der Waals surface area (Å²) in [5, 5.41) is 0. The molecule has 0 atom stereocenters. The van der Waals surface area contributed by atoms with Gasteiger partial charge in [0.05, 0.1) is 0 Å². The predicted octanol–water partition coefficient (Wildman–Crippen LogP) is 8.49. The summed E-state index contributed by atoms with van der Waals surface area (Å²) in [7, 11) is 0. The van der Waals surface area contributed by atoms with Gasteiger partial charge < -0.3 is 0 Å². The molecule has 0 amide bonds. The lowest BCUT2D eigenvalue weighted by Crippen LogP contribution is -2.21. The van der Waals surface area contributed by atoms with Crippen LogP contribution in [0.25, 0.3) is 0 Å². The van der Waals surface area contributed by atoms with E-state index < -0.39 is 0 Å². The third-order valence-electron chi connectivity index (χ3n) is 9.14. The Kier molecular flexibility index (Phi) is 8.55. The molecule has 4 bridgehead atoms. The Morgan fingerprint density at radius 1 is 0.271 bits per heavy atom. The van der Waals surface area contributed by atoms with E-state index >= 15 is 0 Å². The summed E-state index contributed by atoms with van der Waals surface area (Å²) < 4.78 is 0. The fourth-order valence-corrected chi connectivity index (χ4v) is 6.72. The predicted molar refractivity (Wildman–Crippen MR) is 187 cm³/mol. The van der Waals surface area contributed by atoms with Crippen molar-refractivity contribution in [2.45, 2.75) is 25.7 Å². The monoisotopic (exact) mass is 624 g/mol. The highest BCUT2D eigenvalue weighted by Crippen LogP contribution is 2.33. The van der Waals surface area contributed by atoms with E-state index in [0.29, 0.717) is 70.2 Å². The van der Waals surface area contributed by atoms with Crippen molar-refractivity contribution in [2.24, 2.45) is 0 Å². The highest BCUT2D eigenvalue weighted by atomic mass is 16.1. The molecule has 0 unspecified atom stereocenters. The van der Waals surface area contributed by atoms with E-state index in [2.05, 4.69) is 0 Å². The van der Waals surface area contributed by atoms with Crippen LogP contribution in [0.2, 0.25) is 0 Å². The van der Waals surface area contributed by atoms with Gasteiger partial charge in [-0.25, -0.2) is 0 Å². The van der Waals surface area contributed by atoms with Crippen molar-refractivity contribution in [3.8, 4) is 0 Å². The second kappa shape index (κ2) is 13.4. The first-order chi connectivity index (χ1) is 23.5. The first-order valence-electron chi connectivity index (χ1n) is 16.2. The number of fused-ring (bicyclic) bond motifs is 4. The van der Waals surface area contributed by atoms with E-state index in [9.17, 15) is 19.2 Å². The van der Waals surface area contributed by atoms with Crippen LogP contribution in [0.3, 0.4) is 0 Å². The van der Waals surface area contributed by atoms with Gasteiger partial charge in [0.2, 0.25) is 0 Å². The molecular weight excluding hydrogens is 592 g/mol. The van der Waals surface area contributed by atoms with E-state index in [1.54, 1.807) is 48.5 Å². The van der Waals surface area contributed by atoms with E-state index in [4.69, 9.17) is 0 Å². The standard InChI is InChI=1S/C44H32O4/c45-41(33-13-5-1-6-14-33)37-29-21-22-30(38(37)42(46)34-15-7-2-8-16-34)27-28-32-24-23-31(26-25-29)39(43(47)35-17-9-3-10-18-35)40(32)44(48)36-19-11-4-12-20-36/h1-24H,25-28H2. The molecule has 8 rings (SSSR count). The van der Waals surface area contributed by atoms with E-state index in [0.717, 1.165) is 22.3 Å². The number of aryl methyl sites for hydroxylation is 4. The van der Waals surface area contributed by atoms with Crippen LogP contribution in [0.4, 0.5) is 0 Å². The zero-order valence-electron chi connectivity index (χ0n) is 26.3. The summed E-state index contributed by atoms with van der Waals surface area (Å²) in [5.74, 6) is -0.840. The van der Waals surface area contributed by atoms with Crippen LogP contribution in [0.15, 0.2) is 146 Å². The van der Waals surface area contributed by atoms with E-state index in [1.807, 2.05) is 97.1 Å². The molecule has 6 aromatic carbocycles. The van der Waals surface area contributed by atoms with Crippen molar-refractivity contribution < 1.29 is 19.2 Å². The highest BCUT2D eigenvalue weighted by molar-refractivity contribution is 6.22. The number of carbonyl (C=O) groups is 4. The SMILES string of the molecule is O=C(c1ccccc1)c1c2ccc(c1C(=O)c1ccccc1)CCc1ccc(c(C(=O)c3ccccc3)c1C(=O)c1ccccc1)CC2. The highest BCUT2D eigenvalue weighted by Gasteiger charge is 2.30. The molecule has 0 heterocycles. The molecule has 2 aliphatic carbocycles. The molecule has 0 saturated heterocycles. The zero-order valence-corrected chi connectivity index (χ0v) is 26.3. The van der Waals surface area contributed by atoms with Gasteiger partial charge in [0.15, 0.2) is 23.1 Å². The molecule has 0 fully saturated rings. The fraction of sp³-hybridized carbons (Fsp3) is 0.0909. The number of carbonyl (C=O) groups excluding carboxylic acids is 4. The van der Waals surface area contributed by atoms with Crippen molar-refractivity contribution in [2.75, 3.05) is 0 Å². The summed E-state index contributed by atoms with van der Waals surface area (Å²) in [6.07, 6.45) is 1.54. The summed E-state index contributed by atoms with van der Waals surface area (Å²) in [5.41, 5.74) is 6.53. The number of hydrogen-bond donors (Lipinski definition) is 0. The molecule has 2 aliphatic rings. The lowest BCUT2D eigenvalue weighted by molar-refractivity contribution is 0.100. The van der Waals surface area contributed by atoms with Crippen molar-refractivity contribution in [3.05, 3.63) is 212 Å². The third-order valence-corrected chi connectivity index (χ3v) is 9.14. The van der Waals surface area contributed by atoms with Crippen molar-refractivity contribution in [1.82, 2.24) is 0 Å². The maximum atomic E-state index is 14.4. The van der Waals surface area contributed by atoms with Crippen molar-refractivity contribution >= 4 is 23.1 Å². The number of ketones is 4. The van der Waals surface area contributed by atoms with Crippen LogP contribution in [-0.2, 0) is 25.7 Å². The average Bonchev–Trinajstić information content (AvgIpc) is 3.15. The first-order valence-corrected chi connectivity index (χ1v) is 16.2. The smallest absolute Gasteiger partial charge is 0.194 e. The number of rotatable bonds is 8. The van der Waals surface area contributed by atoms with Crippen LogP contribution >= 0.6 is 0 Å².